The maximum absolute atomic E-state index is 6.51. The Morgan fingerprint density at radius 3 is 2.25 bits per heavy atom. The molecule has 2 unspecified atom stereocenters. The molecule has 2 heteroatoms. The Hall–Kier alpha value is -0.0800. The molecule has 0 heterocycles. The maximum Gasteiger partial charge on any atom is 0.0131 e. The SMILES string of the molecule is CCCCC(C)(N)CC(C)(C)CC(N)C1CCCCC1. The van der Waals surface area contributed by atoms with Crippen LogP contribution in [-0.2, 0) is 0 Å². The van der Waals surface area contributed by atoms with Crippen LogP contribution < -0.4 is 11.5 Å². The molecule has 0 aliphatic heterocycles. The number of hydrogen-bond acceptors (Lipinski definition) is 2. The van der Waals surface area contributed by atoms with E-state index in [1.54, 1.807) is 0 Å². The van der Waals surface area contributed by atoms with Crippen LogP contribution in [0.3, 0.4) is 0 Å². The van der Waals surface area contributed by atoms with Crippen LogP contribution in [0.1, 0.15) is 91.9 Å². The largest absolute Gasteiger partial charge is 0.327 e. The molecule has 0 aromatic heterocycles. The van der Waals surface area contributed by atoms with Crippen molar-refractivity contribution in [1.82, 2.24) is 0 Å². The molecule has 1 aliphatic rings. The van der Waals surface area contributed by atoms with Gasteiger partial charge in [0.1, 0.15) is 0 Å². The highest BCUT2D eigenvalue weighted by molar-refractivity contribution is 4.89. The molecule has 0 aromatic carbocycles. The van der Waals surface area contributed by atoms with E-state index >= 15 is 0 Å². The van der Waals surface area contributed by atoms with Gasteiger partial charge in [-0.2, -0.15) is 0 Å². The zero-order valence-electron chi connectivity index (χ0n) is 14.4. The van der Waals surface area contributed by atoms with E-state index in [1.165, 1.54) is 44.9 Å². The molecule has 1 aliphatic carbocycles. The lowest BCUT2D eigenvalue weighted by Crippen LogP contribution is -2.43. The monoisotopic (exact) mass is 282 g/mol. The standard InChI is InChI=1S/C18H38N2/c1-5-6-12-18(4,20)14-17(2,3)13-16(19)15-10-8-7-9-11-15/h15-16H,5-14,19-20H2,1-4H3. The highest BCUT2D eigenvalue weighted by Crippen LogP contribution is 2.37. The van der Waals surface area contributed by atoms with E-state index in [0.717, 1.165) is 25.2 Å². The molecule has 2 nitrogen and oxygen atoms in total. The highest BCUT2D eigenvalue weighted by atomic mass is 14.7. The molecule has 120 valence electrons. The average Bonchev–Trinajstić information content (AvgIpc) is 2.35. The molecule has 0 spiro atoms. The van der Waals surface area contributed by atoms with Crippen molar-refractivity contribution >= 4 is 0 Å². The van der Waals surface area contributed by atoms with Gasteiger partial charge in [-0.05, 0) is 50.4 Å². The van der Waals surface area contributed by atoms with Crippen LogP contribution in [-0.4, -0.2) is 11.6 Å². The van der Waals surface area contributed by atoms with E-state index in [9.17, 15) is 0 Å². The lowest BCUT2D eigenvalue weighted by atomic mass is 9.71. The van der Waals surface area contributed by atoms with Crippen molar-refractivity contribution in [2.75, 3.05) is 0 Å². The Kier molecular flexibility index (Phi) is 7.00. The fraction of sp³-hybridized carbons (Fsp3) is 1.00. The van der Waals surface area contributed by atoms with Crippen LogP contribution in [0.2, 0.25) is 0 Å². The van der Waals surface area contributed by atoms with Crippen molar-refractivity contribution in [3.63, 3.8) is 0 Å². The van der Waals surface area contributed by atoms with Gasteiger partial charge in [-0.3, -0.25) is 0 Å². The molecule has 0 amide bonds. The summed E-state index contributed by atoms with van der Waals surface area (Å²) in [7, 11) is 0. The second-order valence-electron chi connectivity index (χ2n) is 8.36. The van der Waals surface area contributed by atoms with Crippen molar-refractivity contribution in [3.8, 4) is 0 Å². The predicted molar refractivity (Wildman–Crippen MR) is 89.7 cm³/mol. The first-order valence-electron chi connectivity index (χ1n) is 8.80. The summed E-state index contributed by atoms with van der Waals surface area (Å²) in [6.07, 6.45) is 12.6. The predicted octanol–water partition coefficient (Wildman–Crippen LogP) is 4.61. The van der Waals surface area contributed by atoms with Gasteiger partial charge < -0.3 is 11.5 Å². The Bertz CT molecular complexity index is 265. The zero-order chi connectivity index (χ0) is 15.2. The second-order valence-corrected chi connectivity index (χ2v) is 8.36. The van der Waals surface area contributed by atoms with E-state index in [0.29, 0.717) is 6.04 Å². The van der Waals surface area contributed by atoms with Crippen LogP contribution >= 0.6 is 0 Å². The molecule has 1 rings (SSSR count). The van der Waals surface area contributed by atoms with Gasteiger partial charge in [-0.25, -0.2) is 0 Å². The van der Waals surface area contributed by atoms with E-state index in [-0.39, 0.29) is 11.0 Å². The number of nitrogens with two attached hydrogens (primary N) is 2. The molecule has 0 saturated heterocycles. The first kappa shape index (κ1) is 18.0. The lowest BCUT2D eigenvalue weighted by Gasteiger charge is -2.39. The van der Waals surface area contributed by atoms with Crippen LogP contribution in [0, 0.1) is 11.3 Å². The van der Waals surface area contributed by atoms with Gasteiger partial charge in [0, 0.05) is 11.6 Å². The van der Waals surface area contributed by atoms with Crippen LogP contribution in [0.4, 0.5) is 0 Å². The summed E-state index contributed by atoms with van der Waals surface area (Å²) in [6, 6.07) is 0.368. The Balaban J connectivity index is 2.46. The molecular formula is C18H38N2. The minimum atomic E-state index is -0.0359. The molecular weight excluding hydrogens is 244 g/mol. The van der Waals surface area contributed by atoms with Crippen molar-refractivity contribution in [2.24, 2.45) is 22.8 Å². The minimum absolute atomic E-state index is 0.0359. The minimum Gasteiger partial charge on any atom is -0.327 e. The lowest BCUT2D eigenvalue weighted by molar-refractivity contribution is 0.174. The van der Waals surface area contributed by atoms with E-state index in [1.807, 2.05) is 0 Å². The zero-order valence-corrected chi connectivity index (χ0v) is 14.4. The maximum atomic E-state index is 6.51. The fourth-order valence-corrected chi connectivity index (χ4v) is 4.20. The third-order valence-electron chi connectivity index (χ3n) is 5.03. The van der Waals surface area contributed by atoms with E-state index in [4.69, 9.17) is 11.5 Å². The summed E-state index contributed by atoms with van der Waals surface area (Å²) in [5.74, 6) is 0.752. The summed E-state index contributed by atoms with van der Waals surface area (Å²) >= 11 is 0. The highest BCUT2D eigenvalue weighted by Gasteiger charge is 2.32. The Morgan fingerprint density at radius 2 is 1.70 bits per heavy atom. The Labute approximate surface area is 127 Å². The van der Waals surface area contributed by atoms with Crippen molar-refractivity contribution < 1.29 is 0 Å². The summed E-state index contributed by atoms with van der Waals surface area (Å²) in [5.41, 5.74) is 13.2. The van der Waals surface area contributed by atoms with Gasteiger partial charge in [0.25, 0.3) is 0 Å². The Morgan fingerprint density at radius 1 is 1.10 bits per heavy atom. The topological polar surface area (TPSA) is 52.0 Å². The summed E-state index contributed by atoms with van der Waals surface area (Å²) in [4.78, 5) is 0. The average molecular weight is 283 g/mol. The van der Waals surface area contributed by atoms with Gasteiger partial charge in [0.2, 0.25) is 0 Å². The summed E-state index contributed by atoms with van der Waals surface area (Å²) < 4.78 is 0. The molecule has 1 saturated carbocycles. The molecule has 4 N–H and O–H groups in total. The molecule has 0 bridgehead atoms. The molecule has 2 atom stereocenters. The number of rotatable bonds is 8. The summed E-state index contributed by atoms with van der Waals surface area (Å²) in [6.45, 7) is 9.16. The third kappa shape index (κ3) is 6.58. The van der Waals surface area contributed by atoms with Gasteiger partial charge >= 0.3 is 0 Å². The third-order valence-corrected chi connectivity index (χ3v) is 5.03. The van der Waals surface area contributed by atoms with E-state index in [2.05, 4.69) is 27.7 Å². The molecule has 0 aromatic rings. The first-order chi connectivity index (χ1) is 9.26. The smallest absolute Gasteiger partial charge is 0.0131 e. The molecule has 1 fully saturated rings. The second kappa shape index (κ2) is 7.79. The normalized spacial score (nSPS) is 22.5. The van der Waals surface area contributed by atoms with E-state index < -0.39 is 0 Å². The van der Waals surface area contributed by atoms with Crippen LogP contribution in [0.25, 0.3) is 0 Å². The fourth-order valence-electron chi connectivity index (χ4n) is 4.20. The molecule has 0 radical (unpaired) electrons. The number of hydrogen-bond donors (Lipinski definition) is 2. The molecule has 20 heavy (non-hydrogen) atoms. The summed E-state index contributed by atoms with van der Waals surface area (Å²) in [5, 5.41) is 0. The van der Waals surface area contributed by atoms with Crippen LogP contribution in [0.5, 0.6) is 0 Å². The van der Waals surface area contributed by atoms with Crippen molar-refractivity contribution in [1.29, 1.82) is 0 Å². The number of unbranched alkanes of at least 4 members (excludes halogenated alkanes) is 1. The van der Waals surface area contributed by atoms with Crippen molar-refractivity contribution in [3.05, 3.63) is 0 Å². The van der Waals surface area contributed by atoms with Gasteiger partial charge in [0.15, 0.2) is 0 Å². The van der Waals surface area contributed by atoms with Crippen LogP contribution in [0.15, 0.2) is 0 Å². The van der Waals surface area contributed by atoms with Gasteiger partial charge in [-0.1, -0.05) is 52.9 Å². The van der Waals surface area contributed by atoms with Gasteiger partial charge in [-0.15, -0.1) is 0 Å². The van der Waals surface area contributed by atoms with Crippen molar-refractivity contribution in [2.45, 2.75) is 103 Å². The van der Waals surface area contributed by atoms with Gasteiger partial charge in [0.05, 0.1) is 0 Å². The first-order valence-corrected chi connectivity index (χ1v) is 8.80. The quantitative estimate of drug-likeness (QED) is 0.683.